The van der Waals surface area contributed by atoms with Gasteiger partial charge in [0.25, 0.3) is 0 Å². The van der Waals surface area contributed by atoms with Gasteiger partial charge < -0.3 is 15.2 Å². The summed E-state index contributed by atoms with van der Waals surface area (Å²) in [5.74, 6) is 0. The number of nitrogens with two attached hydrogens (primary N) is 1. The second kappa shape index (κ2) is 3.91. The first-order valence-electron chi connectivity index (χ1n) is 3.71. The molecule has 0 aromatic heterocycles. The van der Waals surface area contributed by atoms with Gasteiger partial charge in [0.1, 0.15) is 0 Å². The summed E-state index contributed by atoms with van der Waals surface area (Å²) >= 11 is 0. The molecule has 0 bridgehead atoms. The van der Waals surface area contributed by atoms with Crippen molar-refractivity contribution in [2.24, 2.45) is 5.73 Å². The van der Waals surface area contributed by atoms with Gasteiger partial charge in [-0.25, -0.2) is 0 Å². The quantitative estimate of drug-likeness (QED) is 0.601. The highest BCUT2D eigenvalue weighted by Gasteiger charge is 2.20. The zero-order valence-electron chi connectivity index (χ0n) is 6.38. The first kappa shape index (κ1) is 7.98. The minimum atomic E-state index is 0.221. The summed E-state index contributed by atoms with van der Waals surface area (Å²) in [6.07, 6.45) is 2.54. The van der Waals surface area contributed by atoms with Crippen molar-refractivity contribution >= 4 is 0 Å². The van der Waals surface area contributed by atoms with Crippen LogP contribution in [-0.4, -0.2) is 32.5 Å². The SMILES string of the molecule is CO[C@@H]1CCO[C@H](CN)C1. The maximum absolute atomic E-state index is 5.44. The second-order valence-corrected chi connectivity index (χ2v) is 2.61. The summed E-state index contributed by atoms with van der Waals surface area (Å²) in [4.78, 5) is 0. The Morgan fingerprint density at radius 3 is 3.10 bits per heavy atom. The van der Waals surface area contributed by atoms with Crippen LogP contribution in [0, 0.1) is 0 Å². The molecule has 1 aliphatic rings. The van der Waals surface area contributed by atoms with Crippen LogP contribution in [0.15, 0.2) is 0 Å². The highest BCUT2D eigenvalue weighted by Crippen LogP contribution is 2.14. The van der Waals surface area contributed by atoms with Crippen molar-refractivity contribution in [1.29, 1.82) is 0 Å². The Morgan fingerprint density at radius 1 is 1.70 bits per heavy atom. The van der Waals surface area contributed by atoms with E-state index in [1.165, 1.54) is 0 Å². The third kappa shape index (κ3) is 1.94. The largest absolute Gasteiger partial charge is 0.381 e. The third-order valence-electron chi connectivity index (χ3n) is 1.92. The van der Waals surface area contributed by atoms with E-state index in [1.54, 1.807) is 7.11 Å². The highest BCUT2D eigenvalue weighted by molar-refractivity contribution is 4.71. The van der Waals surface area contributed by atoms with Crippen molar-refractivity contribution in [3.05, 3.63) is 0 Å². The fourth-order valence-corrected chi connectivity index (χ4v) is 1.22. The number of rotatable bonds is 2. The van der Waals surface area contributed by atoms with Crippen molar-refractivity contribution in [3.8, 4) is 0 Å². The van der Waals surface area contributed by atoms with Gasteiger partial charge in [0.05, 0.1) is 12.2 Å². The standard InChI is InChI=1S/C7H15NO2/c1-9-6-2-3-10-7(4-6)5-8/h6-7H,2-5,8H2,1H3/t6-,7+/m1/s1. The maximum Gasteiger partial charge on any atom is 0.0722 e. The predicted octanol–water partition coefficient (Wildman–Crippen LogP) is 0.139. The Morgan fingerprint density at radius 2 is 2.50 bits per heavy atom. The second-order valence-electron chi connectivity index (χ2n) is 2.61. The van der Waals surface area contributed by atoms with E-state index >= 15 is 0 Å². The van der Waals surface area contributed by atoms with Gasteiger partial charge in [-0.1, -0.05) is 0 Å². The molecule has 0 aromatic rings. The van der Waals surface area contributed by atoms with E-state index in [-0.39, 0.29) is 6.10 Å². The molecule has 0 spiro atoms. The van der Waals surface area contributed by atoms with Crippen LogP contribution >= 0.6 is 0 Å². The highest BCUT2D eigenvalue weighted by atomic mass is 16.5. The molecule has 3 heteroatoms. The fourth-order valence-electron chi connectivity index (χ4n) is 1.22. The molecule has 1 heterocycles. The van der Waals surface area contributed by atoms with Crippen LogP contribution in [0.5, 0.6) is 0 Å². The first-order valence-corrected chi connectivity index (χ1v) is 3.71. The van der Waals surface area contributed by atoms with Gasteiger partial charge >= 0.3 is 0 Å². The van der Waals surface area contributed by atoms with Crippen LogP contribution in [-0.2, 0) is 9.47 Å². The van der Waals surface area contributed by atoms with Gasteiger partial charge in [-0.2, -0.15) is 0 Å². The van der Waals surface area contributed by atoms with Crippen molar-refractivity contribution < 1.29 is 9.47 Å². The summed E-state index contributed by atoms with van der Waals surface area (Å²) in [5.41, 5.74) is 5.44. The summed E-state index contributed by atoms with van der Waals surface area (Å²) < 4.78 is 10.5. The van der Waals surface area contributed by atoms with E-state index in [2.05, 4.69) is 0 Å². The summed E-state index contributed by atoms with van der Waals surface area (Å²) in [5, 5.41) is 0. The van der Waals surface area contributed by atoms with Crippen molar-refractivity contribution in [2.45, 2.75) is 25.0 Å². The van der Waals surface area contributed by atoms with Gasteiger partial charge in [-0.05, 0) is 6.42 Å². The fraction of sp³-hybridized carbons (Fsp3) is 1.00. The minimum absolute atomic E-state index is 0.221. The molecule has 2 N–H and O–H groups in total. The van der Waals surface area contributed by atoms with E-state index in [4.69, 9.17) is 15.2 Å². The molecule has 0 aliphatic carbocycles. The van der Waals surface area contributed by atoms with Gasteiger partial charge in [0, 0.05) is 26.7 Å². The van der Waals surface area contributed by atoms with Gasteiger partial charge in [0.15, 0.2) is 0 Å². The van der Waals surface area contributed by atoms with Crippen LogP contribution in [0.1, 0.15) is 12.8 Å². The molecule has 60 valence electrons. The molecule has 0 radical (unpaired) electrons. The van der Waals surface area contributed by atoms with Gasteiger partial charge in [-0.15, -0.1) is 0 Å². The molecule has 1 aliphatic heterocycles. The van der Waals surface area contributed by atoms with Crippen LogP contribution in [0.3, 0.4) is 0 Å². The monoisotopic (exact) mass is 145 g/mol. The molecule has 0 unspecified atom stereocenters. The summed E-state index contributed by atoms with van der Waals surface area (Å²) in [7, 11) is 1.74. The Kier molecular flexibility index (Phi) is 3.12. The molecule has 1 saturated heterocycles. The van der Waals surface area contributed by atoms with Gasteiger partial charge in [0.2, 0.25) is 0 Å². The number of methoxy groups -OCH3 is 1. The molecule has 1 fully saturated rings. The Balaban J connectivity index is 2.25. The molecule has 10 heavy (non-hydrogen) atoms. The Labute approximate surface area is 61.5 Å². The Bertz CT molecular complexity index is 87.6. The van der Waals surface area contributed by atoms with Crippen molar-refractivity contribution in [3.63, 3.8) is 0 Å². The Hall–Kier alpha value is -0.120. The molecule has 2 atom stereocenters. The lowest BCUT2D eigenvalue weighted by atomic mass is 10.1. The van der Waals surface area contributed by atoms with E-state index in [0.717, 1.165) is 19.4 Å². The van der Waals surface area contributed by atoms with E-state index in [9.17, 15) is 0 Å². The predicted molar refractivity (Wildman–Crippen MR) is 38.8 cm³/mol. The smallest absolute Gasteiger partial charge is 0.0722 e. The summed E-state index contributed by atoms with van der Waals surface area (Å²) in [6.45, 7) is 1.40. The first-order chi connectivity index (χ1) is 4.86. The van der Waals surface area contributed by atoms with E-state index < -0.39 is 0 Å². The normalized spacial score (nSPS) is 34.2. The number of hydrogen-bond acceptors (Lipinski definition) is 3. The maximum atomic E-state index is 5.44. The third-order valence-corrected chi connectivity index (χ3v) is 1.92. The number of hydrogen-bond donors (Lipinski definition) is 1. The molecule has 0 amide bonds. The molecular formula is C7H15NO2. The number of ether oxygens (including phenoxy) is 2. The zero-order valence-corrected chi connectivity index (χ0v) is 6.38. The molecule has 0 aromatic carbocycles. The molecular weight excluding hydrogens is 130 g/mol. The lowest BCUT2D eigenvalue weighted by Crippen LogP contribution is -2.35. The van der Waals surface area contributed by atoms with Gasteiger partial charge in [-0.3, -0.25) is 0 Å². The lowest BCUT2D eigenvalue weighted by molar-refractivity contribution is -0.0540. The van der Waals surface area contributed by atoms with Crippen molar-refractivity contribution in [2.75, 3.05) is 20.3 Å². The summed E-state index contributed by atoms with van der Waals surface area (Å²) in [6, 6.07) is 0. The van der Waals surface area contributed by atoms with E-state index in [0.29, 0.717) is 12.6 Å². The average molecular weight is 145 g/mol. The van der Waals surface area contributed by atoms with Crippen molar-refractivity contribution in [1.82, 2.24) is 0 Å². The van der Waals surface area contributed by atoms with Crippen LogP contribution in [0.25, 0.3) is 0 Å². The van der Waals surface area contributed by atoms with Crippen LogP contribution in [0.4, 0.5) is 0 Å². The molecule has 3 nitrogen and oxygen atoms in total. The molecule has 1 rings (SSSR count). The topological polar surface area (TPSA) is 44.5 Å². The van der Waals surface area contributed by atoms with Crippen LogP contribution < -0.4 is 5.73 Å². The zero-order chi connectivity index (χ0) is 7.40. The average Bonchev–Trinajstić information content (AvgIpc) is 2.05. The molecule has 0 saturated carbocycles. The van der Waals surface area contributed by atoms with Crippen LogP contribution in [0.2, 0.25) is 0 Å². The van der Waals surface area contributed by atoms with E-state index in [1.807, 2.05) is 0 Å². The minimum Gasteiger partial charge on any atom is -0.381 e. The lowest BCUT2D eigenvalue weighted by Gasteiger charge is -2.27.